The Bertz CT molecular complexity index is 550. The first kappa shape index (κ1) is 11.9. The summed E-state index contributed by atoms with van der Waals surface area (Å²) in [5, 5.41) is 19.2. The summed E-state index contributed by atoms with van der Waals surface area (Å²) >= 11 is 1.45. The Kier molecular flexibility index (Phi) is 2.81. The molecular weight excluding hydrogens is 240 g/mol. The molecule has 17 heavy (non-hydrogen) atoms. The summed E-state index contributed by atoms with van der Waals surface area (Å²) in [5.74, 6) is -1.08. The third-order valence-corrected chi connectivity index (χ3v) is 3.73. The fraction of sp³-hybridized carbons (Fsp3) is 0.250. The van der Waals surface area contributed by atoms with Crippen molar-refractivity contribution in [3.63, 3.8) is 0 Å². The normalized spacial score (nSPS) is 14.5. The van der Waals surface area contributed by atoms with Crippen LogP contribution in [-0.4, -0.2) is 16.2 Å². The van der Waals surface area contributed by atoms with E-state index in [0.29, 0.717) is 0 Å². The van der Waals surface area contributed by atoms with E-state index in [1.54, 1.807) is 6.92 Å². The van der Waals surface area contributed by atoms with Gasteiger partial charge in [0.1, 0.15) is 5.76 Å². The molecule has 0 bridgehead atoms. The Morgan fingerprint density at radius 1 is 1.35 bits per heavy atom. The van der Waals surface area contributed by atoms with E-state index >= 15 is 0 Å². The smallest absolute Gasteiger partial charge is 0.371 e. The number of carboxylic acid groups (broad SMARTS) is 1. The van der Waals surface area contributed by atoms with E-state index in [4.69, 9.17) is 9.52 Å². The highest BCUT2D eigenvalue weighted by Gasteiger charge is 2.31. The maximum Gasteiger partial charge on any atom is 0.371 e. The fourth-order valence-electron chi connectivity index (χ4n) is 1.53. The Morgan fingerprint density at radius 3 is 2.53 bits per heavy atom. The number of furan rings is 1. The molecule has 0 aliphatic rings. The van der Waals surface area contributed by atoms with Gasteiger partial charge in [0.05, 0.1) is 0 Å². The average Bonchev–Trinajstić information content (AvgIpc) is 2.85. The van der Waals surface area contributed by atoms with E-state index in [9.17, 15) is 9.90 Å². The van der Waals surface area contributed by atoms with Gasteiger partial charge in [-0.05, 0) is 38.1 Å². The molecule has 2 heterocycles. The molecule has 0 saturated heterocycles. The molecule has 5 heteroatoms. The Hall–Kier alpha value is -1.59. The molecule has 4 nitrogen and oxygen atoms in total. The molecule has 2 N–H and O–H groups in total. The first-order chi connectivity index (χ1) is 7.91. The lowest BCUT2D eigenvalue weighted by Gasteiger charge is -2.18. The van der Waals surface area contributed by atoms with Gasteiger partial charge in [-0.15, -0.1) is 11.3 Å². The molecule has 0 saturated carbocycles. The van der Waals surface area contributed by atoms with Gasteiger partial charge in [0.15, 0.2) is 5.60 Å². The summed E-state index contributed by atoms with van der Waals surface area (Å²) in [5.41, 5.74) is -1.30. The van der Waals surface area contributed by atoms with E-state index < -0.39 is 11.6 Å². The molecule has 0 spiro atoms. The molecule has 0 aromatic carbocycles. The second-order valence-electron chi connectivity index (χ2n) is 3.95. The summed E-state index contributed by atoms with van der Waals surface area (Å²) in [7, 11) is 0. The lowest BCUT2D eigenvalue weighted by atomic mass is 10.0. The summed E-state index contributed by atoms with van der Waals surface area (Å²) in [6.45, 7) is 3.53. The zero-order valence-electron chi connectivity index (χ0n) is 9.43. The molecule has 0 fully saturated rings. The minimum Gasteiger partial charge on any atom is -0.475 e. The van der Waals surface area contributed by atoms with Crippen LogP contribution in [0.15, 0.2) is 28.7 Å². The van der Waals surface area contributed by atoms with Crippen molar-refractivity contribution in [2.24, 2.45) is 0 Å². The molecule has 0 aliphatic carbocycles. The van der Waals surface area contributed by atoms with Crippen LogP contribution in [0.5, 0.6) is 0 Å². The molecule has 0 aliphatic heterocycles. The van der Waals surface area contributed by atoms with Crippen LogP contribution in [-0.2, 0) is 5.60 Å². The lowest BCUT2D eigenvalue weighted by Crippen LogP contribution is -2.20. The second kappa shape index (κ2) is 4.01. The molecule has 90 valence electrons. The summed E-state index contributed by atoms with van der Waals surface area (Å²) in [4.78, 5) is 12.5. The first-order valence-electron chi connectivity index (χ1n) is 5.04. The molecule has 1 atom stereocenters. The third kappa shape index (κ3) is 2.11. The minimum absolute atomic E-state index is 0.173. The largest absolute Gasteiger partial charge is 0.475 e. The van der Waals surface area contributed by atoms with Gasteiger partial charge in [0.2, 0.25) is 5.76 Å². The second-order valence-corrected chi connectivity index (χ2v) is 5.24. The first-order valence-corrected chi connectivity index (χ1v) is 5.86. The number of rotatable bonds is 3. The van der Waals surface area contributed by atoms with Crippen molar-refractivity contribution < 1.29 is 19.4 Å². The highest BCUT2D eigenvalue weighted by Crippen LogP contribution is 2.34. The maximum atomic E-state index is 10.7. The van der Waals surface area contributed by atoms with Gasteiger partial charge in [-0.1, -0.05) is 0 Å². The van der Waals surface area contributed by atoms with Gasteiger partial charge in [-0.2, -0.15) is 0 Å². The Morgan fingerprint density at radius 2 is 2.06 bits per heavy atom. The van der Waals surface area contributed by atoms with Gasteiger partial charge >= 0.3 is 5.97 Å². The van der Waals surface area contributed by atoms with Gasteiger partial charge in [0.25, 0.3) is 0 Å². The summed E-state index contributed by atoms with van der Waals surface area (Å²) in [6, 6.07) is 6.53. The quantitative estimate of drug-likeness (QED) is 0.880. The number of carboxylic acids is 1. The summed E-state index contributed by atoms with van der Waals surface area (Å²) < 4.78 is 5.13. The van der Waals surface area contributed by atoms with Crippen LogP contribution < -0.4 is 0 Å². The monoisotopic (exact) mass is 252 g/mol. The van der Waals surface area contributed by atoms with Crippen LogP contribution >= 0.6 is 11.3 Å². The zero-order chi connectivity index (χ0) is 12.6. The highest BCUT2D eigenvalue weighted by atomic mass is 32.1. The van der Waals surface area contributed by atoms with Crippen molar-refractivity contribution in [2.45, 2.75) is 19.4 Å². The molecule has 2 aromatic rings. The van der Waals surface area contributed by atoms with Crippen molar-refractivity contribution in [1.29, 1.82) is 0 Å². The highest BCUT2D eigenvalue weighted by molar-refractivity contribution is 7.12. The lowest BCUT2D eigenvalue weighted by molar-refractivity contribution is 0.0610. The predicted octanol–water partition coefficient (Wildman–Crippen LogP) is 2.60. The fourth-order valence-corrected chi connectivity index (χ4v) is 2.45. The van der Waals surface area contributed by atoms with Crippen molar-refractivity contribution in [1.82, 2.24) is 0 Å². The topological polar surface area (TPSA) is 70.7 Å². The molecule has 2 rings (SSSR count). The van der Waals surface area contributed by atoms with Crippen molar-refractivity contribution in [3.8, 4) is 0 Å². The van der Waals surface area contributed by atoms with Gasteiger partial charge in [-0.3, -0.25) is 0 Å². The van der Waals surface area contributed by atoms with Crippen LogP contribution in [0.4, 0.5) is 0 Å². The van der Waals surface area contributed by atoms with Crippen molar-refractivity contribution in [2.75, 3.05) is 0 Å². The number of thiophene rings is 1. The van der Waals surface area contributed by atoms with Crippen molar-refractivity contribution in [3.05, 3.63) is 45.5 Å². The van der Waals surface area contributed by atoms with Crippen LogP contribution in [0.3, 0.4) is 0 Å². The number of hydrogen-bond acceptors (Lipinski definition) is 4. The third-order valence-electron chi connectivity index (χ3n) is 2.52. The maximum absolute atomic E-state index is 10.7. The molecular formula is C12H12O4S. The minimum atomic E-state index is -1.30. The molecule has 0 amide bonds. The zero-order valence-corrected chi connectivity index (χ0v) is 10.2. The van der Waals surface area contributed by atoms with Crippen molar-refractivity contribution >= 4 is 17.3 Å². The Balaban J connectivity index is 2.40. The average molecular weight is 252 g/mol. The van der Waals surface area contributed by atoms with Crippen LogP contribution in [0, 0.1) is 6.92 Å². The number of hydrogen-bond donors (Lipinski definition) is 2. The van der Waals surface area contributed by atoms with E-state index in [2.05, 4.69) is 0 Å². The van der Waals surface area contributed by atoms with E-state index in [0.717, 1.165) is 9.75 Å². The Labute approximate surface area is 102 Å². The van der Waals surface area contributed by atoms with Gasteiger partial charge in [-0.25, -0.2) is 4.79 Å². The SMILES string of the molecule is Cc1ccc(C(C)(O)c2ccc(C(=O)O)o2)s1. The van der Waals surface area contributed by atoms with Crippen LogP contribution in [0.25, 0.3) is 0 Å². The van der Waals surface area contributed by atoms with Gasteiger partial charge < -0.3 is 14.6 Å². The molecule has 0 radical (unpaired) electrons. The number of aromatic carboxylic acids is 1. The van der Waals surface area contributed by atoms with E-state index in [1.165, 1.54) is 23.5 Å². The number of carbonyl (C=O) groups is 1. The van der Waals surface area contributed by atoms with Crippen LogP contribution in [0.2, 0.25) is 0 Å². The van der Waals surface area contributed by atoms with E-state index in [1.807, 2.05) is 19.1 Å². The predicted molar refractivity (Wildman–Crippen MR) is 63.4 cm³/mol. The summed E-state index contributed by atoms with van der Waals surface area (Å²) in [6.07, 6.45) is 0. The molecule has 1 unspecified atom stereocenters. The molecule has 2 aromatic heterocycles. The van der Waals surface area contributed by atoms with Crippen LogP contribution in [0.1, 0.15) is 33.0 Å². The number of aliphatic hydroxyl groups is 1. The number of aryl methyl sites for hydroxylation is 1. The van der Waals surface area contributed by atoms with Gasteiger partial charge in [0, 0.05) is 9.75 Å². The standard InChI is InChI=1S/C12H12O4S/c1-7-3-6-10(17-7)12(2,15)9-5-4-8(16-9)11(13)14/h3-6,15H,1-2H3,(H,13,14). The van der Waals surface area contributed by atoms with E-state index in [-0.39, 0.29) is 11.5 Å².